The van der Waals surface area contributed by atoms with Gasteiger partial charge in [0.05, 0.1) is 19.1 Å². The number of aromatic nitrogens is 1. The molecule has 3 rings (SSSR count). The molecule has 0 aliphatic heterocycles. The summed E-state index contributed by atoms with van der Waals surface area (Å²) < 4.78 is 43.8. The zero-order chi connectivity index (χ0) is 30.4. The largest absolute Gasteiger partial charge is 0.496 e. The van der Waals surface area contributed by atoms with Crippen molar-refractivity contribution in [2.75, 3.05) is 14.2 Å². The van der Waals surface area contributed by atoms with Gasteiger partial charge in [0.25, 0.3) is 0 Å². The first-order valence-electron chi connectivity index (χ1n) is 13.0. The molecule has 216 valence electrons. The van der Waals surface area contributed by atoms with Crippen molar-refractivity contribution in [3.05, 3.63) is 88.2 Å². The standard InChI is InChI=1S/C32H35NO7S/c1-21-22(2)27(38-6)18-15-24(21)16-19-29(31(35)40-32(3,4)5)41(36,37)28-11-9-8-10-25(28)14-12-23-13-17-26(33-20-23)30(34)39-7/h8-11,13,15,17-18,20,29H,16,19H2,1-7H3. The Bertz CT molecular complexity index is 1590. The molecule has 0 spiro atoms. The molecule has 0 N–H and O–H groups in total. The van der Waals surface area contributed by atoms with E-state index >= 15 is 0 Å². The molecule has 3 aromatic rings. The summed E-state index contributed by atoms with van der Waals surface area (Å²) in [7, 11) is -1.35. The molecule has 1 heterocycles. The fraction of sp³-hybridized carbons (Fsp3) is 0.344. The molecule has 0 amide bonds. The van der Waals surface area contributed by atoms with E-state index in [4.69, 9.17) is 9.47 Å². The zero-order valence-corrected chi connectivity index (χ0v) is 25.2. The summed E-state index contributed by atoms with van der Waals surface area (Å²) in [6, 6.07) is 13.1. The molecule has 8 nitrogen and oxygen atoms in total. The Kier molecular flexibility index (Phi) is 9.95. The van der Waals surface area contributed by atoms with Gasteiger partial charge in [0, 0.05) is 17.3 Å². The van der Waals surface area contributed by atoms with Gasteiger partial charge >= 0.3 is 11.9 Å². The van der Waals surface area contributed by atoms with Crippen molar-refractivity contribution < 1.29 is 32.2 Å². The van der Waals surface area contributed by atoms with Crippen molar-refractivity contribution in [3.8, 4) is 17.6 Å². The molecule has 0 radical (unpaired) electrons. The number of esters is 2. The van der Waals surface area contributed by atoms with Crippen LogP contribution >= 0.6 is 0 Å². The predicted molar refractivity (Wildman–Crippen MR) is 156 cm³/mol. The quantitative estimate of drug-likeness (QED) is 0.272. The maximum Gasteiger partial charge on any atom is 0.356 e. The number of nitrogens with zero attached hydrogens (tertiary/aromatic N) is 1. The Labute approximate surface area is 242 Å². The Hall–Kier alpha value is -4.16. The second-order valence-corrected chi connectivity index (χ2v) is 12.6. The highest BCUT2D eigenvalue weighted by molar-refractivity contribution is 7.92. The number of carbonyl (C=O) groups excluding carboxylic acids is 2. The number of pyridine rings is 1. The van der Waals surface area contributed by atoms with Gasteiger partial charge in [-0.15, -0.1) is 0 Å². The number of methoxy groups -OCH3 is 2. The molecular formula is C32H35NO7S. The highest BCUT2D eigenvalue weighted by Crippen LogP contribution is 2.29. The second kappa shape index (κ2) is 13.0. The SMILES string of the molecule is COC(=O)c1ccc(C#Cc2ccccc2S(=O)(=O)C(CCc2ccc(OC)c(C)c2C)C(=O)OC(C)(C)C)cn1. The fourth-order valence-electron chi connectivity index (χ4n) is 4.20. The molecule has 2 aromatic carbocycles. The Morgan fingerprint density at radius 1 is 0.951 bits per heavy atom. The third-order valence-corrected chi connectivity index (χ3v) is 8.63. The molecule has 1 aromatic heterocycles. The number of benzene rings is 2. The van der Waals surface area contributed by atoms with E-state index in [-0.39, 0.29) is 22.6 Å². The summed E-state index contributed by atoms with van der Waals surface area (Å²) in [5.74, 6) is 5.13. The van der Waals surface area contributed by atoms with Crippen molar-refractivity contribution in [2.45, 2.75) is 63.2 Å². The van der Waals surface area contributed by atoms with Gasteiger partial charge < -0.3 is 14.2 Å². The molecule has 0 aliphatic rings. The summed E-state index contributed by atoms with van der Waals surface area (Å²) in [4.78, 5) is 29.0. The van der Waals surface area contributed by atoms with E-state index in [1.807, 2.05) is 26.0 Å². The average molecular weight is 578 g/mol. The van der Waals surface area contributed by atoms with Gasteiger partial charge in [0.15, 0.2) is 15.1 Å². The number of hydrogen-bond donors (Lipinski definition) is 0. The molecule has 0 saturated heterocycles. The summed E-state index contributed by atoms with van der Waals surface area (Å²) in [5.41, 5.74) is 2.80. The Morgan fingerprint density at radius 2 is 1.66 bits per heavy atom. The van der Waals surface area contributed by atoms with E-state index in [0.717, 1.165) is 22.4 Å². The molecule has 1 atom stereocenters. The van der Waals surface area contributed by atoms with E-state index in [2.05, 4.69) is 21.6 Å². The van der Waals surface area contributed by atoms with Gasteiger partial charge in [0.1, 0.15) is 17.0 Å². The number of sulfone groups is 1. The molecular weight excluding hydrogens is 542 g/mol. The minimum Gasteiger partial charge on any atom is -0.496 e. The maximum atomic E-state index is 14.1. The van der Waals surface area contributed by atoms with Crippen LogP contribution in [0, 0.1) is 25.7 Å². The van der Waals surface area contributed by atoms with E-state index < -0.39 is 32.6 Å². The van der Waals surface area contributed by atoms with E-state index in [1.54, 1.807) is 52.1 Å². The van der Waals surface area contributed by atoms with Crippen molar-refractivity contribution in [1.82, 2.24) is 4.98 Å². The first kappa shape index (κ1) is 31.4. The van der Waals surface area contributed by atoms with Crippen LogP contribution in [0.1, 0.15) is 65.5 Å². The lowest BCUT2D eigenvalue weighted by Gasteiger charge is -2.24. The number of hydrogen-bond acceptors (Lipinski definition) is 8. The van der Waals surface area contributed by atoms with Crippen LogP contribution in [0.25, 0.3) is 0 Å². The van der Waals surface area contributed by atoms with Gasteiger partial charge in [-0.1, -0.05) is 30.0 Å². The highest BCUT2D eigenvalue weighted by atomic mass is 32.2. The first-order chi connectivity index (χ1) is 19.3. The maximum absolute atomic E-state index is 14.1. The zero-order valence-electron chi connectivity index (χ0n) is 24.4. The first-order valence-corrected chi connectivity index (χ1v) is 14.6. The van der Waals surface area contributed by atoms with Gasteiger partial charge in [-0.25, -0.2) is 18.2 Å². The number of carbonyl (C=O) groups is 2. The van der Waals surface area contributed by atoms with Crippen LogP contribution in [0.4, 0.5) is 0 Å². The summed E-state index contributed by atoms with van der Waals surface area (Å²) >= 11 is 0. The minimum atomic E-state index is -4.21. The monoisotopic (exact) mass is 577 g/mol. The molecule has 0 bridgehead atoms. The third-order valence-electron chi connectivity index (χ3n) is 6.48. The number of rotatable bonds is 8. The normalized spacial score (nSPS) is 12.1. The van der Waals surface area contributed by atoms with E-state index in [0.29, 0.717) is 12.0 Å². The second-order valence-electron chi connectivity index (χ2n) is 10.5. The summed E-state index contributed by atoms with van der Waals surface area (Å²) in [6.45, 7) is 8.98. The topological polar surface area (TPSA) is 109 Å². The molecule has 9 heteroatoms. The van der Waals surface area contributed by atoms with Gasteiger partial charge in [-0.3, -0.25) is 4.79 Å². The molecule has 1 unspecified atom stereocenters. The fourth-order valence-corrected chi connectivity index (χ4v) is 5.93. The van der Waals surface area contributed by atoms with Gasteiger partial charge in [0.2, 0.25) is 0 Å². The Morgan fingerprint density at radius 3 is 2.27 bits per heavy atom. The molecule has 41 heavy (non-hydrogen) atoms. The van der Waals surface area contributed by atoms with Crippen molar-refractivity contribution in [3.63, 3.8) is 0 Å². The van der Waals surface area contributed by atoms with Crippen LogP contribution in [-0.2, 0) is 30.5 Å². The third kappa shape index (κ3) is 7.74. The summed E-state index contributed by atoms with van der Waals surface area (Å²) in [6.07, 6.45) is 1.76. The van der Waals surface area contributed by atoms with Crippen molar-refractivity contribution >= 4 is 21.8 Å². The Balaban J connectivity index is 2.00. The van der Waals surface area contributed by atoms with Gasteiger partial charge in [-0.05, 0) is 94.5 Å². The van der Waals surface area contributed by atoms with Crippen LogP contribution in [0.15, 0.2) is 59.6 Å². The lowest BCUT2D eigenvalue weighted by molar-refractivity contribution is -0.154. The van der Waals surface area contributed by atoms with E-state index in [1.165, 1.54) is 25.4 Å². The molecule has 0 fully saturated rings. The van der Waals surface area contributed by atoms with Gasteiger partial charge in [-0.2, -0.15) is 0 Å². The van der Waals surface area contributed by atoms with Crippen molar-refractivity contribution in [1.29, 1.82) is 0 Å². The lowest BCUT2D eigenvalue weighted by Crippen LogP contribution is -2.37. The minimum absolute atomic E-state index is 0.0184. The molecule has 0 aliphatic carbocycles. The van der Waals surface area contributed by atoms with E-state index in [9.17, 15) is 18.0 Å². The molecule has 0 saturated carbocycles. The van der Waals surface area contributed by atoms with Crippen LogP contribution in [-0.4, -0.2) is 50.4 Å². The van der Waals surface area contributed by atoms with Crippen LogP contribution in [0.3, 0.4) is 0 Å². The highest BCUT2D eigenvalue weighted by Gasteiger charge is 2.38. The number of aryl methyl sites for hydroxylation is 1. The van der Waals surface area contributed by atoms with Crippen LogP contribution in [0.2, 0.25) is 0 Å². The number of ether oxygens (including phenoxy) is 3. The summed E-state index contributed by atoms with van der Waals surface area (Å²) in [5, 5.41) is -1.45. The predicted octanol–water partition coefficient (Wildman–Crippen LogP) is 5.01. The average Bonchev–Trinajstić information content (AvgIpc) is 2.93. The lowest BCUT2D eigenvalue weighted by atomic mass is 9.98. The van der Waals surface area contributed by atoms with Crippen LogP contribution in [0.5, 0.6) is 5.75 Å². The van der Waals surface area contributed by atoms with Crippen molar-refractivity contribution in [2.24, 2.45) is 0 Å². The smallest absolute Gasteiger partial charge is 0.356 e. The van der Waals surface area contributed by atoms with Crippen LogP contribution < -0.4 is 4.74 Å².